The molecule has 0 aliphatic rings. The summed E-state index contributed by atoms with van der Waals surface area (Å²) in [7, 11) is 0. The Bertz CT molecular complexity index is 445. The van der Waals surface area contributed by atoms with E-state index in [1.54, 1.807) is 0 Å². The number of H-pyrrole nitrogens is 1. The van der Waals surface area contributed by atoms with Crippen LogP contribution in [0.3, 0.4) is 0 Å². The van der Waals surface area contributed by atoms with Crippen molar-refractivity contribution in [3.63, 3.8) is 0 Å². The van der Waals surface area contributed by atoms with Gasteiger partial charge in [0.05, 0.1) is 0 Å². The van der Waals surface area contributed by atoms with E-state index < -0.39 is 5.97 Å². The molecule has 2 heterocycles. The molecule has 0 atom stereocenters. The topological polar surface area (TPSA) is 83.3 Å². The Morgan fingerprint density at radius 1 is 1.43 bits per heavy atom. The number of hydrogen-bond acceptors (Lipinski definition) is 3. The Balaban J connectivity index is 2.56. The first-order valence-electron chi connectivity index (χ1n) is 3.94. The average Bonchev–Trinajstić information content (AvgIpc) is 2.57. The molecule has 0 aliphatic heterocycles. The lowest BCUT2D eigenvalue weighted by molar-refractivity contribution is 0.0691. The number of nitrogens with one attached hydrogen (secondary N) is 1. The molecule has 0 amide bonds. The molecule has 0 fully saturated rings. The number of ketones is 1. The third-order valence-corrected chi connectivity index (χ3v) is 1.89. The highest BCUT2D eigenvalue weighted by atomic mass is 16.4. The van der Waals surface area contributed by atoms with Crippen molar-refractivity contribution >= 4 is 22.9 Å². The molecule has 0 aromatic carbocycles. The average molecular weight is 193 g/mol. The molecule has 0 saturated carbocycles. The van der Waals surface area contributed by atoms with Crippen LogP contribution in [-0.4, -0.2) is 21.8 Å². The van der Waals surface area contributed by atoms with E-state index in [2.05, 4.69) is 4.98 Å². The zero-order chi connectivity index (χ0) is 10.3. The molecule has 2 aromatic rings. The van der Waals surface area contributed by atoms with Crippen LogP contribution in [0, 0.1) is 0 Å². The second-order valence-electron chi connectivity index (χ2n) is 2.94. The van der Waals surface area contributed by atoms with E-state index in [0.29, 0.717) is 11.1 Å². The van der Waals surface area contributed by atoms with Gasteiger partial charge in [0.2, 0.25) is 5.71 Å². The second kappa shape index (κ2) is 2.73. The molecular weight excluding hydrogens is 186 g/mol. The van der Waals surface area contributed by atoms with Crippen molar-refractivity contribution in [3.8, 4) is 0 Å². The van der Waals surface area contributed by atoms with Crippen LogP contribution in [0.25, 0.3) is 11.1 Å². The maximum Gasteiger partial charge on any atom is 0.352 e. The standard InChI is InChI=1S/C9H7NO4/c1-4(11)7-3-5-2-6(9(12)13)10-8(5)14-7/h2-3,10H,1H3,(H,12,13). The first-order chi connectivity index (χ1) is 6.58. The summed E-state index contributed by atoms with van der Waals surface area (Å²) in [6.45, 7) is 1.38. The smallest absolute Gasteiger partial charge is 0.352 e. The number of Topliss-reactive ketones (excluding diaryl/α,β-unsaturated/α-hetero) is 1. The molecule has 0 unspecified atom stereocenters. The number of fused-ring (bicyclic) bond motifs is 1. The molecule has 5 nitrogen and oxygen atoms in total. The van der Waals surface area contributed by atoms with E-state index in [1.807, 2.05) is 0 Å². The highest BCUT2D eigenvalue weighted by molar-refractivity contribution is 5.98. The molecular formula is C9H7NO4. The quantitative estimate of drug-likeness (QED) is 0.710. The van der Waals surface area contributed by atoms with Crippen LogP contribution in [0.2, 0.25) is 0 Å². The maximum absolute atomic E-state index is 10.9. The molecule has 2 N–H and O–H groups in total. The number of carboxylic acid groups (broad SMARTS) is 1. The zero-order valence-corrected chi connectivity index (χ0v) is 7.33. The van der Waals surface area contributed by atoms with Gasteiger partial charge in [-0.2, -0.15) is 0 Å². The Hall–Kier alpha value is -2.04. The summed E-state index contributed by atoms with van der Waals surface area (Å²) < 4.78 is 5.09. The van der Waals surface area contributed by atoms with Crippen LogP contribution < -0.4 is 0 Å². The van der Waals surface area contributed by atoms with Crippen molar-refractivity contribution in [2.24, 2.45) is 0 Å². The zero-order valence-electron chi connectivity index (χ0n) is 7.33. The van der Waals surface area contributed by atoms with Crippen molar-refractivity contribution in [2.75, 3.05) is 0 Å². The number of carbonyl (C=O) groups is 2. The fourth-order valence-electron chi connectivity index (χ4n) is 1.21. The fraction of sp³-hybridized carbons (Fsp3) is 0.111. The van der Waals surface area contributed by atoms with Gasteiger partial charge >= 0.3 is 5.97 Å². The first-order valence-corrected chi connectivity index (χ1v) is 3.94. The van der Waals surface area contributed by atoms with Crippen molar-refractivity contribution in [3.05, 3.63) is 23.6 Å². The molecule has 2 rings (SSSR count). The van der Waals surface area contributed by atoms with E-state index >= 15 is 0 Å². The van der Waals surface area contributed by atoms with Gasteiger partial charge in [0.1, 0.15) is 5.69 Å². The van der Waals surface area contributed by atoms with Crippen LogP contribution in [0.1, 0.15) is 28.0 Å². The molecule has 0 saturated heterocycles. The van der Waals surface area contributed by atoms with Gasteiger partial charge in [-0.1, -0.05) is 0 Å². The largest absolute Gasteiger partial charge is 0.477 e. The molecule has 0 radical (unpaired) electrons. The van der Waals surface area contributed by atoms with Crippen molar-refractivity contribution in [1.82, 2.24) is 4.98 Å². The van der Waals surface area contributed by atoms with E-state index in [0.717, 1.165) is 0 Å². The number of aromatic carboxylic acids is 1. The Kier molecular flexibility index (Phi) is 1.67. The van der Waals surface area contributed by atoms with Gasteiger partial charge in [-0.25, -0.2) is 4.79 Å². The summed E-state index contributed by atoms with van der Waals surface area (Å²) in [6, 6.07) is 2.94. The number of aromatic amines is 1. The van der Waals surface area contributed by atoms with E-state index in [-0.39, 0.29) is 17.2 Å². The lowest BCUT2D eigenvalue weighted by Crippen LogP contribution is -1.95. The van der Waals surface area contributed by atoms with Crippen LogP contribution in [0.15, 0.2) is 16.5 Å². The van der Waals surface area contributed by atoms with Gasteiger partial charge < -0.3 is 14.5 Å². The monoisotopic (exact) mass is 193 g/mol. The van der Waals surface area contributed by atoms with Crippen LogP contribution in [0.4, 0.5) is 0 Å². The minimum Gasteiger partial charge on any atom is -0.477 e. The van der Waals surface area contributed by atoms with Gasteiger partial charge in [-0.05, 0) is 12.1 Å². The highest BCUT2D eigenvalue weighted by Crippen LogP contribution is 2.20. The third kappa shape index (κ3) is 1.19. The van der Waals surface area contributed by atoms with E-state index in [1.165, 1.54) is 19.1 Å². The summed E-state index contributed by atoms with van der Waals surface area (Å²) in [6.07, 6.45) is 0. The predicted octanol–water partition coefficient (Wildman–Crippen LogP) is 1.66. The van der Waals surface area contributed by atoms with Gasteiger partial charge in [-0.3, -0.25) is 4.79 Å². The van der Waals surface area contributed by atoms with Crippen LogP contribution in [-0.2, 0) is 0 Å². The molecule has 5 heteroatoms. The van der Waals surface area contributed by atoms with Gasteiger partial charge in [0, 0.05) is 12.3 Å². The SMILES string of the molecule is CC(=O)c1cc2cc(C(=O)O)[nH]c2o1. The predicted molar refractivity (Wildman–Crippen MR) is 47.5 cm³/mol. The van der Waals surface area contributed by atoms with Crippen LogP contribution in [0.5, 0.6) is 0 Å². The molecule has 2 aromatic heterocycles. The summed E-state index contributed by atoms with van der Waals surface area (Å²) in [5.41, 5.74) is 0.362. The highest BCUT2D eigenvalue weighted by Gasteiger charge is 2.13. The lowest BCUT2D eigenvalue weighted by Gasteiger charge is -1.86. The number of rotatable bonds is 2. The summed E-state index contributed by atoms with van der Waals surface area (Å²) >= 11 is 0. The summed E-state index contributed by atoms with van der Waals surface area (Å²) in [5, 5.41) is 9.23. The molecule has 0 bridgehead atoms. The maximum atomic E-state index is 10.9. The Labute approximate surface area is 78.3 Å². The summed E-state index contributed by atoms with van der Waals surface area (Å²) in [5.74, 6) is -1.02. The van der Waals surface area contributed by atoms with Crippen molar-refractivity contribution < 1.29 is 19.1 Å². The number of hydrogen-bond donors (Lipinski definition) is 2. The third-order valence-electron chi connectivity index (χ3n) is 1.89. The van der Waals surface area contributed by atoms with Gasteiger partial charge in [0.25, 0.3) is 0 Å². The normalized spacial score (nSPS) is 10.6. The Morgan fingerprint density at radius 3 is 2.64 bits per heavy atom. The fourth-order valence-corrected chi connectivity index (χ4v) is 1.21. The first kappa shape index (κ1) is 8.55. The Morgan fingerprint density at radius 2 is 2.14 bits per heavy atom. The van der Waals surface area contributed by atoms with Crippen molar-refractivity contribution in [2.45, 2.75) is 6.92 Å². The van der Waals surface area contributed by atoms with E-state index in [9.17, 15) is 9.59 Å². The van der Waals surface area contributed by atoms with Gasteiger partial charge in [0.15, 0.2) is 11.5 Å². The molecule has 0 spiro atoms. The minimum absolute atomic E-state index is 0.0499. The number of furan rings is 1. The second-order valence-corrected chi connectivity index (χ2v) is 2.94. The molecule has 0 aliphatic carbocycles. The van der Waals surface area contributed by atoms with Crippen molar-refractivity contribution in [1.29, 1.82) is 0 Å². The minimum atomic E-state index is -1.05. The van der Waals surface area contributed by atoms with E-state index in [4.69, 9.17) is 9.52 Å². The molecule has 14 heavy (non-hydrogen) atoms. The van der Waals surface area contributed by atoms with Gasteiger partial charge in [-0.15, -0.1) is 0 Å². The lowest BCUT2D eigenvalue weighted by atomic mass is 10.3. The molecule has 72 valence electrons. The summed E-state index contributed by atoms with van der Waals surface area (Å²) in [4.78, 5) is 24.0. The number of carboxylic acids is 1. The number of aromatic nitrogens is 1. The number of carbonyl (C=O) groups excluding carboxylic acids is 1. The van der Waals surface area contributed by atoms with Crippen LogP contribution >= 0.6 is 0 Å².